The first kappa shape index (κ1) is 15.7. The van der Waals surface area contributed by atoms with E-state index in [4.69, 9.17) is 13.8 Å². The molecule has 0 radical (unpaired) electrons. The molecular formula is C19H19N4O2S+. The number of piperidine rings is 1. The summed E-state index contributed by atoms with van der Waals surface area (Å²) in [5.74, 6) is 1.71. The summed E-state index contributed by atoms with van der Waals surface area (Å²) < 4.78 is 12.4. The van der Waals surface area contributed by atoms with E-state index in [1.165, 1.54) is 27.4 Å². The third-order valence-electron chi connectivity index (χ3n) is 4.92. The van der Waals surface area contributed by atoms with Gasteiger partial charge >= 0.3 is 0 Å². The first-order chi connectivity index (χ1) is 12.9. The summed E-state index contributed by atoms with van der Waals surface area (Å²) in [7, 11) is 0. The third-order valence-corrected chi connectivity index (χ3v) is 6.07. The second kappa shape index (κ2) is 6.66. The highest BCUT2D eigenvalue weighted by atomic mass is 32.1. The van der Waals surface area contributed by atoms with E-state index in [2.05, 4.69) is 28.4 Å². The van der Waals surface area contributed by atoms with Crippen LogP contribution in [0.3, 0.4) is 0 Å². The predicted octanol–water partition coefficient (Wildman–Crippen LogP) is 3.25. The zero-order valence-corrected chi connectivity index (χ0v) is 15.0. The van der Waals surface area contributed by atoms with Gasteiger partial charge in [-0.3, -0.25) is 0 Å². The maximum atomic E-state index is 5.82. The number of hydrogen-bond acceptors (Lipinski definition) is 6. The maximum absolute atomic E-state index is 5.82. The van der Waals surface area contributed by atoms with Crippen molar-refractivity contribution in [2.75, 3.05) is 6.54 Å². The number of fused-ring (bicyclic) bond motifs is 1. The van der Waals surface area contributed by atoms with Crippen molar-refractivity contribution in [1.82, 2.24) is 15.2 Å². The third kappa shape index (κ3) is 2.93. The summed E-state index contributed by atoms with van der Waals surface area (Å²) in [6.45, 7) is 1.81. The standard InChI is InChI=1S/C19H18N4O2S/c1-2-9-16-13(6-1)20-19(26-16)14-7-3-4-10-23(14)12-17-21-22-18(25-17)15-8-5-11-24-15/h1-2,5-6,8-9,11,14H,3-4,7,10,12H2/p+1/t14-/m1/s1. The van der Waals surface area contributed by atoms with Gasteiger partial charge in [0.15, 0.2) is 17.3 Å². The van der Waals surface area contributed by atoms with Crippen LogP contribution >= 0.6 is 11.3 Å². The molecule has 0 amide bonds. The molecule has 1 aliphatic heterocycles. The van der Waals surface area contributed by atoms with E-state index < -0.39 is 0 Å². The average molecular weight is 367 g/mol. The van der Waals surface area contributed by atoms with Crippen molar-refractivity contribution in [1.29, 1.82) is 0 Å². The number of hydrogen-bond donors (Lipinski definition) is 1. The Balaban J connectivity index is 1.39. The fourth-order valence-electron chi connectivity index (χ4n) is 3.65. The molecule has 0 aliphatic carbocycles. The van der Waals surface area contributed by atoms with Crippen LogP contribution in [-0.4, -0.2) is 21.7 Å². The Morgan fingerprint density at radius 3 is 2.96 bits per heavy atom. The smallest absolute Gasteiger partial charge is 0.283 e. The molecule has 2 atom stereocenters. The van der Waals surface area contributed by atoms with Crippen LogP contribution in [0.4, 0.5) is 0 Å². The van der Waals surface area contributed by atoms with Crippen LogP contribution in [-0.2, 0) is 6.54 Å². The molecule has 132 valence electrons. The maximum Gasteiger partial charge on any atom is 0.283 e. The number of aromatic nitrogens is 3. The summed E-state index contributed by atoms with van der Waals surface area (Å²) in [6.07, 6.45) is 5.22. The molecule has 0 bridgehead atoms. The van der Waals surface area contributed by atoms with E-state index in [1.54, 1.807) is 6.26 Å². The van der Waals surface area contributed by atoms with Crippen LogP contribution in [0.15, 0.2) is 51.5 Å². The molecule has 1 fully saturated rings. The molecule has 3 aromatic heterocycles. The fourth-order valence-corrected chi connectivity index (χ4v) is 4.81. The van der Waals surface area contributed by atoms with Gasteiger partial charge in [-0.05, 0) is 37.1 Å². The highest BCUT2D eigenvalue weighted by Crippen LogP contribution is 2.29. The van der Waals surface area contributed by atoms with Crippen molar-refractivity contribution in [3.8, 4) is 11.7 Å². The van der Waals surface area contributed by atoms with E-state index in [1.807, 2.05) is 29.5 Å². The van der Waals surface area contributed by atoms with E-state index in [0.717, 1.165) is 18.5 Å². The van der Waals surface area contributed by atoms with Crippen molar-refractivity contribution in [2.24, 2.45) is 0 Å². The van der Waals surface area contributed by atoms with Gasteiger partial charge < -0.3 is 13.7 Å². The summed E-state index contributed by atoms with van der Waals surface area (Å²) >= 11 is 1.81. The van der Waals surface area contributed by atoms with Crippen molar-refractivity contribution in [3.63, 3.8) is 0 Å². The molecule has 26 heavy (non-hydrogen) atoms. The minimum absolute atomic E-state index is 0.389. The van der Waals surface area contributed by atoms with Crippen LogP contribution in [0.1, 0.15) is 36.2 Å². The largest absolute Gasteiger partial charge is 0.459 e. The molecular weight excluding hydrogens is 348 g/mol. The van der Waals surface area contributed by atoms with Crippen molar-refractivity contribution in [3.05, 3.63) is 53.6 Å². The van der Waals surface area contributed by atoms with Gasteiger partial charge in [0, 0.05) is 6.42 Å². The molecule has 4 heterocycles. The van der Waals surface area contributed by atoms with E-state index in [9.17, 15) is 0 Å². The second-order valence-electron chi connectivity index (χ2n) is 6.63. The minimum Gasteiger partial charge on any atom is -0.459 e. The molecule has 5 rings (SSSR count). The highest BCUT2D eigenvalue weighted by molar-refractivity contribution is 7.18. The van der Waals surface area contributed by atoms with E-state index in [-0.39, 0.29) is 0 Å². The molecule has 7 heteroatoms. The van der Waals surface area contributed by atoms with Gasteiger partial charge in [-0.2, -0.15) is 0 Å². The Kier molecular flexibility index (Phi) is 4.03. The first-order valence-electron chi connectivity index (χ1n) is 8.93. The minimum atomic E-state index is 0.389. The Morgan fingerprint density at radius 2 is 2.08 bits per heavy atom. The Hall–Kier alpha value is -2.51. The van der Waals surface area contributed by atoms with Gasteiger partial charge in [0.05, 0.1) is 23.0 Å². The zero-order valence-electron chi connectivity index (χ0n) is 14.2. The number of benzene rings is 1. The first-order valence-corrected chi connectivity index (χ1v) is 9.75. The summed E-state index contributed by atoms with van der Waals surface area (Å²) in [6, 6.07) is 12.4. The summed E-state index contributed by atoms with van der Waals surface area (Å²) in [4.78, 5) is 6.34. The number of thiazole rings is 1. The number of rotatable bonds is 4. The Morgan fingerprint density at radius 1 is 1.12 bits per heavy atom. The normalized spacial score (nSPS) is 20.6. The lowest BCUT2D eigenvalue weighted by molar-refractivity contribution is -0.951. The van der Waals surface area contributed by atoms with Gasteiger partial charge in [0.1, 0.15) is 6.04 Å². The van der Waals surface area contributed by atoms with Crippen LogP contribution in [0.25, 0.3) is 21.9 Å². The van der Waals surface area contributed by atoms with Crippen molar-refractivity contribution >= 4 is 21.6 Å². The Labute approximate surface area is 154 Å². The summed E-state index contributed by atoms with van der Waals surface area (Å²) in [5, 5.41) is 9.56. The van der Waals surface area contributed by atoms with Crippen molar-refractivity contribution < 1.29 is 13.7 Å². The number of nitrogens with zero attached hydrogens (tertiary/aromatic N) is 3. The quantitative estimate of drug-likeness (QED) is 0.600. The summed E-state index contributed by atoms with van der Waals surface area (Å²) in [5.41, 5.74) is 1.09. The molecule has 0 spiro atoms. The van der Waals surface area contributed by atoms with Crippen LogP contribution in [0.5, 0.6) is 0 Å². The van der Waals surface area contributed by atoms with Crippen LogP contribution < -0.4 is 4.90 Å². The number of furan rings is 1. The fraction of sp³-hybridized carbons (Fsp3) is 0.316. The van der Waals surface area contributed by atoms with E-state index in [0.29, 0.717) is 30.1 Å². The molecule has 1 saturated heterocycles. The monoisotopic (exact) mass is 367 g/mol. The number of quaternary nitrogens is 1. The molecule has 1 aliphatic rings. The topological polar surface area (TPSA) is 69.4 Å². The zero-order chi connectivity index (χ0) is 17.3. The van der Waals surface area contributed by atoms with Crippen LogP contribution in [0, 0.1) is 0 Å². The lowest BCUT2D eigenvalue weighted by Gasteiger charge is -2.30. The van der Waals surface area contributed by atoms with Gasteiger partial charge in [0.2, 0.25) is 0 Å². The average Bonchev–Trinajstić information content (AvgIpc) is 3.42. The van der Waals surface area contributed by atoms with Crippen molar-refractivity contribution in [2.45, 2.75) is 31.8 Å². The number of likely N-dealkylation sites (tertiary alicyclic amines) is 1. The van der Waals surface area contributed by atoms with Gasteiger partial charge in [-0.1, -0.05) is 12.1 Å². The number of nitrogens with one attached hydrogen (secondary N) is 1. The highest BCUT2D eigenvalue weighted by Gasteiger charge is 2.32. The second-order valence-corrected chi connectivity index (χ2v) is 7.69. The lowest BCUT2D eigenvalue weighted by Crippen LogP contribution is -3.11. The molecule has 0 saturated carbocycles. The van der Waals surface area contributed by atoms with Gasteiger partial charge in [-0.25, -0.2) is 4.98 Å². The molecule has 1 N–H and O–H groups in total. The number of para-hydroxylation sites is 1. The molecule has 6 nitrogen and oxygen atoms in total. The van der Waals surface area contributed by atoms with Crippen LogP contribution in [0.2, 0.25) is 0 Å². The predicted molar refractivity (Wildman–Crippen MR) is 97.7 cm³/mol. The molecule has 1 unspecified atom stereocenters. The van der Waals surface area contributed by atoms with E-state index >= 15 is 0 Å². The van der Waals surface area contributed by atoms with Gasteiger partial charge in [-0.15, -0.1) is 21.5 Å². The molecule has 4 aromatic rings. The molecule has 1 aromatic carbocycles. The Bertz CT molecular complexity index is 975. The SMILES string of the molecule is c1coc(-c2nnc(C[NH+]3CCCC[C@@H]3c3nc4ccccc4s3)o2)c1. The van der Waals surface area contributed by atoms with Gasteiger partial charge in [0.25, 0.3) is 11.8 Å². The lowest BCUT2D eigenvalue weighted by atomic mass is 10.0.